The van der Waals surface area contributed by atoms with Gasteiger partial charge in [-0.25, -0.2) is 13.1 Å². The zero-order valence-electron chi connectivity index (χ0n) is 18.8. The van der Waals surface area contributed by atoms with Crippen LogP contribution in [-0.2, 0) is 21.3 Å². The van der Waals surface area contributed by atoms with E-state index in [0.717, 1.165) is 12.8 Å². The highest BCUT2D eigenvalue weighted by molar-refractivity contribution is 7.89. The van der Waals surface area contributed by atoms with Gasteiger partial charge >= 0.3 is 0 Å². The number of hydrogen-bond donors (Lipinski definition) is 3. The molecule has 0 aliphatic heterocycles. The molecule has 1 fully saturated rings. The molecular formula is C22H38N4O3S. The maximum absolute atomic E-state index is 12.8. The smallest absolute Gasteiger partial charge is 0.241 e. The average molecular weight is 439 g/mol. The van der Waals surface area contributed by atoms with Gasteiger partial charge < -0.3 is 15.4 Å². The zero-order chi connectivity index (χ0) is 22.0. The van der Waals surface area contributed by atoms with Gasteiger partial charge in [-0.15, -0.1) is 0 Å². The highest BCUT2D eigenvalue weighted by atomic mass is 32.2. The van der Waals surface area contributed by atoms with Crippen molar-refractivity contribution in [2.24, 2.45) is 4.99 Å². The zero-order valence-corrected chi connectivity index (χ0v) is 19.6. The van der Waals surface area contributed by atoms with Crippen LogP contribution in [0.5, 0.6) is 0 Å². The Morgan fingerprint density at radius 2 is 1.77 bits per heavy atom. The summed E-state index contributed by atoms with van der Waals surface area (Å²) in [5, 5.41) is 6.44. The van der Waals surface area contributed by atoms with Gasteiger partial charge in [-0.2, -0.15) is 0 Å². The Hall–Kier alpha value is -1.64. The Bertz CT molecular complexity index is 780. The minimum absolute atomic E-state index is 0.277. The number of sulfonamides is 1. The second-order valence-electron chi connectivity index (χ2n) is 8.80. The molecular weight excluding hydrogens is 400 g/mol. The normalized spacial score (nSPS) is 16.9. The van der Waals surface area contributed by atoms with Crippen LogP contribution in [0.4, 0.5) is 0 Å². The van der Waals surface area contributed by atoms with Crippen molar-refractivity contribution in [3.8, 4) is 0 Å². The van der Waals surface area contributed by atoms with Crippen LogP contribution in [0.3, 0.4) is 0 Å². The number of rotatable bonds is 8. The molecule has 170 valence electrons. The number of aliphatic imine (C=N–C) groups is 1. The van der Waals surface area contributed by atoms with Crippen LogP contribution in [0, 0.1) is 0 Å². The molecule has 1 aromatic carbocycles. The van der Waals surface area contributed by atoms with E-state index < -0.39 is 15.6 Å². The van der Waals surface area contributed by atoms with Crippen LogP contribution in [0.15, 0.2) is 34.2 Å². The van der Waals surface area contributed by atoms with Crippen molar-refractivity contribution in [2.75, 3.05) is 20.2 Å². The summed E-state index contributed by atoms with van der Waals surface area (Å²) in [6.07, 6.45) is 7.83. The van der Waals surface area contributed by atoms with E-state index in [9.17, 15) is 8.42 Å². The molecule has 0 aromatic heterocycles. The van der Waals surface area contributed by atoms with Crippen molar-refractivity contribution < 1.29 is 13.2 Å². The molecule has 7 nitrogen and oxygen atoms in total. The van der Waals surface area contributed by atoms with Gasteiger partial charge in [0.25, 0.3) is 0 Å². The number of nitrogens with zero attached hydrogens (tertiary/aromatic N) is 1. The van der Waals surface area contributed by atoms with E-state index in [1.54, 1.807) is 19.2 Å². The van der Waals surface area contributed by atoms with Crippen LogP contribution in [0.2, 0.25) is 0 Å². The molecule has 0 bridgehead atoms. The summed E-state index contributed by atoms with van der Waals surface area (Å²) in [6.45, 7) is 7.12. The number of benzene rings is 1. The number of guanidine groups is 1. The van der Waals surface area contributed by atoms with Crippen molar-refractivity contribution in [3.63, 3.8) is 0 Å². The lowest BCUT2D eigenvalue weighted by Crippen LogP contribution is -2.41. The SMILES string of the molecule is CN=C(NCCOC1CCCCCC1)NCc1ccccc1S(=O)(=O)NC(C)(C)C. The van der Waals surface area contributed by atoms with E-state index >= 15 is 0 Å². The predicted molar refractivity (Wildman–Crippen MR) is 122 cm³/mol. The van der Waals surface area contributed by atoms with Crippen molar-refractivity contribution in [3.05, 3.63) is 29.8 Å². The largest absolute Gasteiger partial charge is 0.376 e. The van der Waals surface area contributed by atoms with Gasteiger partial charge in [-0.05, 0) is 45.2 Å². The topological polar surface area (TPSA) is 91.8 Å². The van der Waals surface area contributed by atoms with Crippen molar-refractivity contribution in [1.29, 1.82) is 0 Å². The van der Waals surface area contributed by atoms with Crippen molar-refractivity contribution >= 4 is 16.0 Å². The first-order valence-corrected chi connectivity index (χ1v) is 12.4. The first-order chi connectivity index (χ1) is 14.2. The van der Waals surface area contributed by atoms with E-state index in [0.29, 0.717) is 37.3 Å². The summed E-state index contributed by atoms with van der Waals surface area (Å²) >= 11 is 0. The Morgan fingerprint density at radius 1 is 1.10 bits per heavy atom. The van der Waals surface area contributed by atoms with E-state index in [1.165, 1.54) is 25.7 Å². The summed E-state index contributed by atoms with van der Waals surface area (Å²) in [4.78, 5) is 4.50. The monoisotopic (exact) mass is 438 g/mol. The number of ether oxygens (including phenoxy) is 1. The second kappa shape index (κ2) is 11.7. The fraction of sp³-hybridized carbons (Fsp3) is 0.682. The molecule has 0 unspecified atom stereocenters. The van der Waals surface area contributed by atoms with Gasteiger partial charge in [0.05, 0.1) is 17.6 Å². The van der Waals surface area contributed by atoms with Crippen molar-refractivity contribution in [2.45, 2.75) is 82.4 Å². The summed E-state index contributed by atoms with van der Waals surface area (Å²) < 4.78 is 34.2. The van der Waals surface area contributed by atoms with Crippen LogP contribution in [0.25, 0.3) is 0 Å². The lowest BCUT2D eigenvalue weighted by atomic mass is 10.1. The summed E-state index contributed by atoms with van der Waals surface area (Å²) in [5.41, 5.74) is 0.140. The maximum atomic E-state index is 12.8. The third-order valence-electron chi connectivity index (χ3n) is 4.92. The summed E-state index contributed by atoms with van der Waals surface area (Å²) in [7, 11) is -1.91. The highest BCUT2D eigenvalue weighted by Crippen LogP contribution is 2.20. The summed E-state index contributed by atoms with van der Waals surface area (Å²) in [6, 6.07) is 7.01. The molecule has 8 heteroatoms. The van der Waals surface area contributed by atoms with Gasteiger partial charge in [0.2, 0.25) is 10.0 Å². The molecule has 1 saturated carbocycles. The third kappa shape index (κ3) is 8.62. The highest BCUT2D eigenvalue weighted by Gasteiger charge is 2.24. The Labute approximate surface area is 182 Å². The van der Waals surface area contributed by atoms with Gasteiger partial charge in [-0.1, -0.05) is 43.9 Å². The lowest BCUT2D eigenvalue weighted by molar-refractivity contribution is 0.0468. The first-order valence-electron chi connectivity index (χ1n) is 10.9. The molecule has 3 N–H and O–H groups in total. The minimum atomic E-state index is -3.61. The molecule has 0 heterocycles. The molecule has 30 heavy (non-hydrogen) atoms. The summed E-state index contributed by atoms with van der Waals surface area (Å²) in [5.74, 6) is 0.621. The van der Waals surface area contributed by atoms with E-state index in [-0.39, 0.29) is 4.90 Å². The fourth-order valence-electron chi connectivity index (χ4n) is 3.57. The van der Waals surface area contributed by atoms with Crippen LogP contribution < -0.4 is 15.4 Å². The number of nitrogens with one attached hydrogen (secondary N) is 3. The molecule has 0 radical (unpaired) electrons. The van der Waals surface area contributed by atoms with Gasteiger partial charge in [0.15, 0.2) is 5.96 Å². The third-order valence-corrected chi connectivity index (χ3v) is 6.78. The molecule has 0 amide bonds. The van der Waals surface area contributed by atoms with Gasteiger partial charge in [0.1, 0.15) is 0 Å². The van der Waals surface area contributed by atoms with E-state index in [2.05, 4.69) is 20.3 Å². The molecule has 1 aliphatic rings. The minimum Gasteiger partial charge on any atom is -0.376 e. The Balaban J connectivity index is 1.86. The lowest BCUT2D eigenvalue weighted by Gasteiger charge is -2.22. The van der Waals surface area contributed by atoms with Crippen LogP contribution >= 0.6 is 0 Å². The van der Waals surface area contributed by atoms with Crippen LogP contribution in [-0.4, -0.2) is 46.2 Å². The Morgan fingerprint density at radius 3 is 2.40 bits per heavy atom. The van der Waals surface area contributed by atoms with E-state index in [4.69, 9.17) is 4.74 Å². The van der Waals surface area contributed by atoms with Gasteiger partial charge in [-0.3, -0.25) is 4.99 Å². The molecule has 0 spiro atoms. The predicted octanol–water partition coefficient (Wildman–Crippen LogP) is 3.17. The van der Waals surface area contributed by atoms with Crippen LogP contribution in [0.1, 0.15) is 64.9 Å². The standard InChI is InChI=1S/C22H38N4O3S/c1-22(2,3)26-30(27,28)20-14-10-9-11-18(20)17-25-21(23-4)24-15-16-29-19-12-7-5-6-8-13-19/h9-11,14,19,26H,5-8,12-13,15-17H2,1-4H3,(H2,23,24,25). The molecule has 0 saturated heterocycles. The second-order valence-corrected chi connectivity index (χ2v) is 10.5. The quantitative estimate of drug-likeness (QED) is 0.251. The number of hydrogen-bond acceptors (Lipinski definition) is 4. The van der Waals surface area contributed by atoms with Crippen molar-refractivity contribution in [1.82, 2.24) is 15.4 Å². The molecule has 0 atom stereocenters. The molecule has 1 aromatic rings. The fourth-order valence-corrected chi connectivity index (χ4v) is 5.23. The Kier molecular flexibility index (Phi) is 9.58. The molecule has 2 rings (SSSR count). The van der Waals surface area contributed by atoms with E-state index in [1.807, 2.05) is 32.9 Å². The maximum Gasteiger partial charge on any atom is 0.241 e. The average Bonchev–Trinajstić information content (AvgIpc) is 2.94. The first kappa shape index (κ1) is 24.6. The molecule has 1 aliphatic carbocycles. The van der Waals surface area contributed by atoms with Gasteiger partial charge in [0, 0.05) is 25.7 Å².